The normalized spacial score (nSPS) is 18.3. The predicted molar refractivity (Wildman–Crippen MR) is 154 cm³/mol. The molecule has 10 nitrogen and oxygen atoms in total. The molecule has 5 rings (SSSR count). The Labute approximate surface area is 223 Å². The van der Waals surface area contributed by atoms with Gasteiger partial charge in [0.05, 0.1) is 22.6 Å². The van der Waals surface area contributed by atoms with Gasteiger partial charge in [-0.2, -0.15) is 5.10 Å². The van der Waals surface area contributed by atoms with Crippen molar-refractivity contribution in [3.05, 3.63) is 66.7 Å². The highest BCUT2D eigenvalue weighted by atomic mass is 15.3. The number of nitrogens with one attached hydrogen (secondary N) is 2. The fourth-order valence-corrected chi connectivity index (χ4v) is 4.86. The lowest BCUT2D eigenvalue weighted by Crippen LogP contribution is -2.57. The number of pyridine rings is 1. The van der Waals surface area contributed by atoms with Crippen LogP contribution >= 0.6 is 0 Å². The van der Waals surface area contributed by atoms with Crippen LogP contribution in [0.25, 0.3) is 33.9 Å². The molecule has 2 aliphatic rings. The van der Waals surface area contributed by atoms with Crippen LogP contribution in [0.1, 0.15) is 24.0 Å². The maximum atomic E-state index is 5.96. The molecule has 0 amide bonds. The number of aromatic nitrogens is 5. The van der Waals surface area contributed by atoms with Crippen molar-refractivity contribution in [1.82, 2.24) is 39.8 Å². The molecule has 0 spiro atoms. The first kappa shape index (κ1) is 25.6. The van der Waals surface area contributed by atoms with Crippen LogP contribution in [-0.2, 0) is 0 Å². The summed E-state index contributed by atoms with van der Waals surface area (Å²) in [6, 6.07) is 4.10. The highest BCUT2D eigenvalue weighted by Crippen LogP contribution is 2.29. The van der Waals surface area contributed by atoms with Crippen LogP contribution < -0.4 is 5.73 Å². The van der Waals surface area contributed by atoms with Crippen LogP contribution in [0.15, 0.2) is 54.6 Å². The molecule has 198 valence electrons. The number of likely N-dealkylation sites (tertiary alicyclic amines) is 1. The summed E-state index contributed by atoms with van der Waals surface area (Å²) in [4.78, 5) is 25.1. The second-order valence-corrected chi connectivity index (χ2v) is 9.81. The standard InChI is InChI=1S/C28H36N10/c1-6-9-23(37-14-12-36(5)13-15-37)25-18(4)30-28(33-25)27-26-22(34-35-27)11-10-21(32-26)20(7-2)31-24(8-3)38-16-19(29)17-38/h6-11,19H,1,3,12-17,29H2,2,4-5H3,(H,30,33)(H,34,35)/b20-7-,23-9+,31-24?. The lowest BCUT2D eigenvalue weighted by Gasteiger charge is -2.38. The van der Waals surface area contributed by atoms with E-state index in [1.807, 2.05) is 44.2 Å². The highest BCUT2D eigenvalue weighted by Gasteiger charge is 2.26. The minimum Gasteiger partial charge on any atom is -0.367 e. The molecule has 3 aromatic rings. The fourth-order valence-electron chi connectivity index (χ4n) is 4.86. The molecular weight excluding hydrogens is 476 g/mol. The van der Waals surface area contributed by atoms with Gasteiger partial charge in [0, 0.05) is 51.0 Å². The van der Waals surface area contributed by atoms with E-state index in [2.05, 4.69) is 50.1 Å². The summed E-state index contributed by atoms with van der Waals surface area (Å²) in [6.45, 7) is 17.3. The number of aryl methyl sites for hydroxylation is 1. The maximum Gasteiger partial charge on any atom is 0.161 e. The number of nitrogens with two attached hydrogens (primary N) is 1. The molecule has 0 aromatic carbocycles. The van der Waals surface area contributed by atoms with Gasteiger partial charge in [-0.3, -0.25) is 5.10 Å². The molecule has 0 bridgehead atoms. The predicted octanol–water partition coefficient (Wildman–Crippen LogP) is 3.02. The summed E-state index contributed by atoms with van der Waals surface area (Å²) in [5.74, 6) is 1.47. The smallest absolute Gasteiger partial charge is 0.161 e. The monoisotopic (exact) mass is 512 g/mol. The molecule has 2 saturated heterocycles. The van der Waals surface area contributed by atoms with Crippen molar-refractivity contribution in [2.24, 2.45) is 10.7 Å². The number of rotatable bonds is 7. The Morgan fingerprint density at radius 3 is 2.55 bits per heavy atom. The van der Waals surface area contributed by atoms with Crippen LogP contribution in [0.2, 0.25) is 0 Å². The number of nitrogens with zero attached hydrogens (tertiary/aromatic N) is 7. The number of hydrogen-bond acceptors (Lipinski definition) is 7. The van der Waals surface area contributed by atoms with Gasteiger partial charge in [-0.15, -0.1) is 0 Å². The summed E-state index contributed by atoms with van der Waals surface area (Å²) in [5.41, 5.74) is 12.7. The van der Waals surface area contributed by atoms with Crippen LogP contribution in [0.3, 0.4) is 0 Å². The van der Waals surface area contributed by atoms with Crippen molar-refractivity contribution < 1.29 is 0 Å². The number of aromatic amines is 2. The van der Waals surface area contributed by atoms with E-state index in [9.17, 15) is 0 Å². The number of H-pyrrole nitrogens is 2. The van der Waals surface area contributed by atoms with E-state index in [-0.39, 0.29) is 6.04 Å². The van der Waals surface area contributed by atoms with Crippen molar-refractivity contribution in [2.45, 2.75) is 19.9 Å². The summed E-state index contributed by atoms with van der Waals surface area (Å²) in [7, 11) is 2.15. The number of allylic oxidation sites excluding steroid dienone is 3. The van der Waals surface area contributed by atoms with Crippen molar-refractivity contribution >= 4 is 28.3 Å². The van der Waals surface area contributed by atoms with Gasteiger partial charge in [-0.1, -0.05) is 25.3 Å². The zero-order valence-electron chi connectivity index (χ0n) is 22.4. The van der Waals surface area contributed by atoms with E-state index in [4.69, 9.17) is 20.7 Å². The van der Waals surface area contributed by atoms with Gasteiger partial charge in [0.2, 0.25) is 0 Å². The molecule has 4 N–H and O–H groups in total. The van der Waals surface area contributed by atoms with Crippen molar-refractivity contribution in [3.63, 3.8) is 0 Å². The number of hydrogen-bond donors (Lipinski definition) is 3. The molecule has 0 aliphatic carbocycles. The average Bonchev–Trinajstić information content (AvgIpc) is 3.50. The largest absolute Gasteiger partial charge is 0.367 e. The lowest BCUT2D eigenvalue weighted by molar-refractivity contribution is 0.207. The van der Waals surface area contributed by atoms with E-state index in [1.54, 1.807) is 6.08 Å². The number of imidazole rings is 1. The topological polar surface area (TPSA) is 118 Å². The van der Waals surface area contributed by atoms with Crippen LogP contribution in [0.4, 0.5) is 0 Å². The quantitative estimate of drug-likeness (QED) is 0.253. The van der Waals surface area contributed by atoms with E-state index in [1.165, 1.54) is 0 Å². The summed E-state index contributed by atoms with van der Waals surface area (Å²) in [6.07, 6.45) is 7.58. The average molecular weight is 513 g/mol. The first-order valence-corrected chi connectivity index (χ1v) is 13.0. The van der Waals surface area contributed by atoms with Gasteiger partial charge in [0.25, 0.3) is 0 Å². The molecule has 10 heteroatoms. The number of amidine groups is 1. The van der Waals surface area contributed by atoms with Crippen LogP contribution in [-0.4, -0.2) is 98.0 Å². The van der Waals surface area contributed by atoms with Gasteiger partial charge < -0.3 is 25.4 Å². The zero-order valence-corrected chi connectivity index (χ0v) is 22.4. The van der Waals surface area contributed by atoms with Gasteiger partial charge in [-0.25, -0.2) is 15.0 Å². The number of aliphatic imine (C=N–C) groups is 1. The summed E-state index contributed by atoms with van der Waals surface area (Å²) >= 11 is 0. The first-order chi connectivity index (χ1) is 18.4. The second kappa shape index (κ2) is 10.8. The third kappa shape index (κ3) is 4.92. The van der Waals surface area contributed by atoms with Gasteiger partial charge >= 0.3 is 0 Å². The molecule has 0 atom stereocenters. The molecule has 0 radical (unpaired) electrons. The maximum absolute atomic E-state index is 5.96. The first-order valence-electron chi connectivity index (χ1n) is 13.0. The lowest BCUT2D eigenvalue weighted by atomic mass is 10.1. The SMILES string of the molecule is C=C/C=C(\c1nc(-c2n[nH]c3ccc(/C(=C/C)N=C(C=C)N4CC(N)C4)nc23)[nH]c1C)N1CCN(C)CC1. The number of fused-ring (bicyclic) bond motifs is 1. The minimum absolute atomic E-state index is 0.178. The van der Waals surface area contributed by atoms with Crippen molar-refractivity contribution in [2.75, 3.05) is 46.3 Å². The van der Waals surface area contributed by atoms with Gasteiger partial charge in [-0.05, 0) is 45.2 Å². The van der Waals surface area contributed by atoms with Crippen molar-refractivity contribution in [3.8, 4) is 11.5 Å². The molecule has 0 saturated carbocycles. The Morgan fingerprint density at radius 1 is 1.13 bits per heavy atom. The fraction of sp³-hybridized carbons (Fsp3) is 0.357. The van der Waals surface area contributed by atoms with Gasteiger partial charge in [0.15, 0.2) is 11.5 Å². The number of likely N-dealkylation sites (N-methyl/N-ethyl adjacent to an activating group) is 1. The summed E-state index contributed by atoms with van der Waals surface area (Å²) in [5, 5.41) is 7.68. The Kier molecular flexibility index (Phi) is 7.26. The Morgan fingerprint density at radius 2 is 1.89 bits per heavy atom. The second-order valence-electron chi connectivity index (χ2n) is 9.81. The van der Waals surface area contributed by atoms with Crippen LogP contribution in [0, 0.1) is 6.92 Å². The van der Waals surface area contributed by atoms with E-state index < -0.39 is 0 Å². The van der Waals surface area contributed by atoms with Crippen LogP contribution in [0.5, 0.6) is 0 Å². The highest BCUT2D eigenvalue weighted by molar-refractivity contribution is 5.97. The number of piperazine rings is 1. The molecule has 2 aliphatic heterocycles. The third-order valence-corrected chi connectivity index (χ3v) is 7.07. The molecule has 5 heterocycles. The Balaban J connectivity index is 1.49. The zero-order chi connectivity index (χ0) is 26.8. The molecule has 0 unspecified atom stereocenters. The van der Waals surface area contributed by atoms with Crippen molar-refractivity contribution in [1.29, 1.82) is 0 Å². The molecule has 3 aromatic heterocycles. The summed E-state index contributed by atoms with van der Waals surface area (Å²) < 4.78 is 0. The van der Waals surface area contributed by atoms with E-state index in [0.29, 0.717) is 11.5 Å². The molecule has 2 fully saturated rings. The minimum atomic E-state index is 0.178. The Hall–Kier alpha value is -4.02. The Bertz CT molecular complexity index is 1420. The third-order valence-electron chi connectivity index (χ3n) is 7.07. The molecular formula is C28H36N10. The van der Waals surface area contributed by atoms with Gasteiger partial charge in [0.1, 0.15) is 17.0 Å². The molecule has 38 heavy (non-hydrogen) atoms. The van der Waals surface area contributed by atoms with E-state index in [0.717, 1.165) is 84.6 Å². The van der Waals surface area contributed by atoms with E-state index >= 15 is 0 Å².